The van der Waals surface area contributed by atoms with Crippen molar-refractivity contribution in [1.29, 1.82) is 0 Å². The van der Waals surface area contributed by atoms with Crippen LogP contribution in [0.25, 0.3) is 0 Å². The summed E-state index contributed by atoms with van der Waals surface area (Å²) in [5.74, 6) is -0.288. The Morgan fingerprint density at radius 3 is 2.96 bits per heavy atom. The molecule has 1 saturated heterocycles. The molecule has 23 heavy (non-hydrogen) atoms. The molecular weight excluding hydrogens is 304 g/mol. The zero-order chi connectivity index (χ0) is 16.4. The van der Waals surface area contributed by atoms with Crippen LogP contribution < -0.4 is 10.5 Å². The number of methoxy groups -OCH3 is 1. The highest BCUT2D eigenvalue weighted by molar-refractivity contribution is 5.43. The highest BCUT2D eigenvalue weighted by Gasteiger charge is 2.29. The molecule has 0 bridgehead atoms. The monoisotopic (exact) mass is 321 g/mol. The first-order chi connectivity index (χ1) is 11.1. The molecule has 1 fully saturated rings. The van der Waals surface area contributed by atoms with E-state index in [4.69, 9.17) is 4.74 Å². The smallest absolute Gasteiger partial charge is 0.253 e. The number of hydrogen-bond donors (Lipinski definition) is 1. The van der Waals surface area contributed by atoms with Gasteiger partial charge in [0.2, 0.25) is 0 Å². The van der Waals surface area contributed by atoms with Gasteiger partial charge in [0.15, 0.2) is 0 Å². The van der Waals surface area contributed by atoms with E-state index in [9.17, 15) is 13.6 Å². The Morgan fingerprint density at radius 2 is 2.22 bits per heavy atom. The molecular formula is C16H17F2N3O2. The molecule has 1 aliphatic rings. The number of anilines is 1. The van der Waals surface area contributed by atoms with Crippen molar-refractivity contribution >= 4 is 5.82 Å². The Bertz CT molecular complexity index is 763. The van der Waals surface area contributed by atoms with E-state index in [1.807, 2.05) is 4.90 Å². The van der Waals surface area contributed by atoms with Crippen molar-refractivity contribution in [3.05, 3.63) is 57.6 Å². The Hall–Kier alpha value is -2.28. The second-order valence-corrected chi connectivity index (χ2v) is 5.50. The molecule has 2 aromatic rings. The number of halogens is 2. The van der Waals surface area contributed by atoms with Gasteiger partial charge in [-0.1, -0.05) is 6.07 Å². The molecule has 0 radical (unpaired) electrons. The minimum atomic E-state index is -0.604. The predicted molar refractivity (Wildman–Crippen MR) is 81.2 cm³/mol. The van der Waals surface area contributed by atoms with Gasteiger partial charge in [-0.3, -0.25) is 4.79 Å². The number of H-pyrrole nitrogens is 1. The molecule has 0 aliphatic carbocycles. The largest absolute Gasteiger partial charge is 0.377 e. The minimum absolute atomic E-state index is 0.187. The molecule has 0 amide bonds. The van der Waals surface area contributed by atoms with Crippen molar-refractivity contribution < 1.29 is 13.5 Å². The summed E-state index contributed by atoms with van der Waals surface area (Å²) in [4.78, 5) is 20.7. The molecule has 3 rings (SSSR count). The topological polar surface area (TPSA) is 58.2 Å². The molecule has 2 heterocycles. The summed E-state index contributed by atoms with van der Waals surface area (Å²) in [5.41, 5.74) is 0.131. The summed E-state index contributed by atoms with van der Waals surface area (Å²) in [5, 5.41) is 0. The lowest BCUT2D eigenvalue weighted by Gasteiger charge is -2.26. The number of hydrogen-bond acceptors (Lipinski definition) is 4. The average molecular weight is 321 g/mol. The lowest BCUT2D eigenvalue weighted by atomic mass is 10.0. The molecule has 1 aromatic heterocycles. The standard InChI is InChI=1S/C16H17F2N3O2/c1-23-9-14-19-15(8-16(22)20-14)21-6-2-3-13(21)11-5-4-10(17)7-12(11)18/h4-5,7-8,13H,2-3,6,9H2,1H3,(H,19,20,22). The maximum absolute atomic E-state index is 14.1. The third-order valence-corrected chi connectivity index (χ3v) is 3.93. The molecule has 1 aliphatic heterocycles. The number of nitrogens with one attached hydrogen (secondary N) is 1. The second-order valence-electron chi connectivity index (χ2n) is 5.50. The predicted octanol–water partition coefficient (Wildman–Crippen LogP) is 2.54. The normalized spacial score (nSPS) is 17.7. The van der Waals surface area contributed by atoms with Gasteiger partial charge in [-0.25, -0.2) is 13.8 Å². The highest BCUT2D eigenvalue weighted by atomic mass is 19.1. The molecule has 1 aromatic carbocycles. The van der Waals surface area contributed by atoms with Crippen molar-refractivity contribution in [1.82, 2.24) is 9.97 Å². The number of aromatic amines is 1. The molecule has 7 heteroatoms. The third kappa shape index (κ3) is 3.24. The van der Waals surface area contributed by atoms with E-state index in [1.54, 1.807) is 0 Å². The van der Waals surface area contributed by atoms with Crippen molar-refractivity contribution in [2.45, 2.75) is 25.5 Å². The Labute approximate surface area is 131 Å². The van der Waals surface area contributed by atoms with Crippen molar-refractivity contribution in [3.63, 3.8) is 0 Å². The first kappa shape index (κ1) is 15.6. The Morgan fingerprint density at radius 1 is 1.39 bits per heavy atom. The minimum Gasteiger partial charge on any atom is -0.377 e. The summed E-state index contributed by atoms with van der Waals surface area (Å²) in [7, 11) is 1.51. The first-order valence-corrected chi connectivity index (χ1v) is 7.39. The quantitative estimate of drug-likeness (QED) is 0.940. The first-order valence-electron chi connectivity index (χ1n) is 7.39. The molecule has 5 nitrogen and oxygen atoms in total. The molecule has 0 spiro atoms. The number of ether oxygens (including phenoxy) is 1. The lowest BCUT2D eigenvalue weighted by molar-refractivity contribution is 0.177. The number of nitrogens with zero attached hydrogens (tertiary/aromatic N) is 2. The molecule has 1 N–H and O–H groups in total. The van der Waals surface area contributed by atoms with E-state index in [1.165, 1.54) is 25.3 Å². The van der Waals surface area contributed by atoms with E-state index in [0.29, 0.717) is 23.8 Å². The second kappa shape index (κ2) is 6.45. The van der Waals surface area contributed by atoms with Gasteiger partial charge in [-0.05, 0) is 18.9 Å². The summed E-state index contributed by atoms with van der Waals surface area (Å²) < 4.78 is 32.2. The Kier molecular flexibility index (Phi) is 4.38. The van der Waals surface area contributed by atoms with Crippen LogP contribution in [0.4, 0.5) is 14.6 Å². The average Bonchev–Trinajstić information content (AvgIpc) is 2.96. The van der Waals surface area contributed by atoms with E-state index in [0.717, 1.165) is 18.9 Å². The molecule has 1 atom stereocenters. The third-order valence-electron chi connectivity index (χ3n) is 3.93. The van der Waals surface area contributed by atoms with Crippen molar-refractivity contribution in [3.8, 4) is 0 Å². The van der Waals surface area contributed by atoms with Crippen LogP contribution >= 0.6 is 0 Å². The van der Waals surface area contributed by atoms with Crippen LogP contribution in [0.2, 0.25) is 0 Å². The van der Waals surface area contributed by atoms with Gasteiger partial charge in [0.25, 0.3) is 5.56 Å². The van der Waals surface area contributed by atoms with Gasteiger partial charge in [0, 0.05) is 31.4 Å². The zero-order valence-electron chi connectivity index (χ0n) is 12.7. The zero-order valence-corrected chi connectivity index (χ0v) is 12.7. The van der Waals surface area contributed by atoms with Gasteiger partial charge in [0.05, 0.1) is 6.04 Å². The Balaban J connectivity index is 1.97. The van der Waals surface area contributed by atoms with Crippen molar-refractivity contribution in [2.75, 3.05) is 18.6 Å². The van der Waals surface area contributed by atoms with Crippen LogP contribution in [0.1, 0.15) is 30.3 Å². The van der Waals surface area contributed by atoms with Crippen LogP contribution in [0.5, 0.6) is 0 Å². The fourth-order valence-corrected chi connectivity index (χ4v) is 2.98. The number of aromatic nitrogens is 2. The van der Waals surface area contributed by atoms with Gasteiger partial charge in [0.1, 0.15) is 29.9 Å². The summed E-state index contributed by atoms with van der Waals surface area (Å²) in [6.45, 7) is 0.844. The van der Waals surface area contributed by atoms with Crippen LogP contribution in [-0.2, 0) is 11.3 Å². The van der Waals surface area contributed by atoms with Crippen LogP contribution in [0, 0.1) is 11.6 Å². The van der Waals surface area contributed by atoms with E-state index >= 15 is 0 Å². The van der Waals surface area contributed by atoms with Gasteiger partial charge in [-0.2, -0.15) is 0 Å². The fourth-order valence-electron chi connectivity index (χ4n) is 2.98. The van der Waals surface area contributed by atoms with Gasteiger partial charge >= 0.3 is 0 Å². The highest BCUT2D eigenvalue weighted by Crippen LogP contribution is 2.36. The van der Waals surface area contributed by atoms with E-state index in [2.05, 4.69) is 9.97 Å². The van der Waals surface area contributed by atoms with E-state index < -0.39 is 11.6 Å². The SMILES string of the molecule is COCc1nc(N2CCCC2c2ccc(F)cc2F)cc(=O)[nH]1. The molecule has 122 valence electrons. The van der Waals surface area contributed by atoms with Crippen LogP contribution in [0.3, 0.4) is 0 Å². The summed E-state index contributed by atoms with van der Waals surface area (Å²) in [6.07, 6.45) is 1.56. The van der Waals surface area contributed by atoms with E-state index in [-0.39, 0.29) is 18.2 Å². The van der Waals surface area contributed by atoms with Crippen LogP contribution in [-0.4, -0.2) is 23.6 Å². The molecule has 0 saturated carbocycles. The number of rotatable bonds is 4. The maximum Gasteiger partial charge on any atom is 0.253 e. The summed E-state index contributed by atoms with van der Waals surface area (Å²) >= 11 is 0. The van der Waals surface area contributed by atoms with Crippen molar-refractivity contribution in [2.24, 2.45) is 0 Å². The van der Waals surface area contributed by atoms with Gasteiger partial charge in [-0.15, -0.1) is 0 Å². The summed E-state index contributed by atoms with van der Waals surface area (Å²) in [6, 6.07) is 4.71. The maximum atomic E-state index is 14.1. The van der Waals surface area contributed by atoms with Gasteiger partial charge < -0.3 is 14.6 Å². The fraction of sp³-hybridized carbons (Fsp3) is 0.375. The number of benzene rings is 1. The van der Waals surface area contributed by atoms with Crippen LogP contribution in [0.15, 0.2) is 29.1 Å². The molecule has 1 unspecified atom stereocenters. The lowest BCUT2D eigenvalue weighted by Crippen LogP contribution is -2.27.